The Labute approximate surface area is 81.2 Å². The van der Waals surface area contributed by atoms with E-state index in [1.807, 2.05) is 13.0 Å². The standard InChI is InChI=1S/C11H11NO2/c1-7-6-12(2)11(14)10-8(7)4-3-5-9(10)13/h3-6,13H,1-2H3. The zero-order chi connectivity index (χ0) is 10.3. The van der Waals surface area contributed by atoms with Crippen molar-refractivity contribution in [2.24, 2.45) is 7.05 Å². The Morgan fingerprint density at radius 1 is 1.36 bits per heavy atom. The maximum absolute atomic E-state index is 11.7. The van der Waals surface area contributed by atoms with Crippen LogP contribution in [-0.4, -0.2) is 9.67 Å². The van der Waals surface area contributed by atoms with Gasteiger partial charge in [-0.15, -0.1) is 0 Å². The Morgan fingerprint density at radius 2 is 2.07 bits per heavy atom. The second kappa shape index (κ2) is 2.87. The van der Waals surface area contributed by atoms with Crippen LogP contribution in [0.2, 0.25) is 0 Å². The molecule has 2 rings (SSSR count). The molecule has 3 heteroatoms. The average molecular weight is 189 g/mol. The highest BCUT2D eigenvalue weighted by Gasteiger charge is 2.07. The van der Waals surface area contributed by atoms with E-state index >= 15 is 0 Å². The van der Waals surface area contributed by atoms with Gasteiger partial charge >= 0.3 is 0 Å². The van der Waals surface area contributed by atoms with E-state index in [4.69, 9.17) is 0 Å². The maximum atomic E-state index is 11.7. The number of aromatic hydroxyl groups is 1. The number of nitrogens with zero attached hydrogens (tertiary/aromatic N) is 1. The highest BCUT2D eigenvalue weighted by Crippen LogP contribution is 2.22. The fraction of sp³-hybridized carbons (Fsp3) is 0.182. The molecule has 3 nitrogen and oxygen atoms in total. The Balaban J connectivity index is 3.11. The number of phenols is 1. The molecule has 0 amide bonds. The van der Waals surface area contributed by atoms with Crippen LogP contribution in [0.1, 0.15) is 5.56 Å². The molecule has 1 heterocycles. The molecule has 0 spiro atoms. The van der Waals surface area contributed by atoms with Crippen molar-refractivity contribution in [3.8, 4) is 5.75 Å². The third kappa shape index (κ3) is 1.09. The van der Waals surface area contributed by atoms with E-state index in [2.05, 4.69) is 0 Å². The molecule has 0 fully saturated rings. The molecule has 0 bridgehead atoms. The third-order valence-electron chi connectivity index (χ3n) is 2.39. The first-order valence-corrected chi connectivity index (χ1v) is 4.39. The molecule has 0 aliphatic carbocycles. The van der Waals surface area contributed by atoms with Crippen LogP contribution in [-0.2, 0) is 7.05 Å². The molecular formula is C11H11NO2. The number of hydrogen-bond acceptors (Lipinski definition) is 2. The van der Waals surface area contributed by atoms with Crippen LogP contribution in [0.5, 0.6) is 5.75 Å². The summed E-state index contributed by atoms with van der Waals surface area (Å²) in [5, 5.41) is 10.8. The first-order valence-electron chi connectivity index (χ1n) is 4.39. The van der Waals surface area contributed by atoms with E-state index < -0.39 is 0 Å². The minimum atomic E-state index is -0.163. The molecule has 1 aromatic heterocycles. The Morgan fingerprint density at radius 3 is 2.79 bits per heavy atom. The van der Waals surface area contributed by atoms with E-state index in [-0.39, 0.29) is 11.3 Å². The van der Waals surface area contributed by atoms with Gasteiger partial charge in [-0.25, -0.2) is 0 Å². The lowest BCUT2D eigenvalue weighted by Crippen LogP contribution is -2.16. The van der Waals surface area contributed by atoms with Crippen molar-refractivity contribution in [3.05, 3.63) is 40.3 Å². The van der Waals surface area contributed by atoms with Crippen LogP contribution in [0.25, 0.3) is 10.8 Å². The minimum absolute atomic E-state index is 0.0480. The maximum Gasteiger partial charge on any atom is 0.261 e. The second-order valence-electron chi connectivity index (χ2n) is 3.43. The predicted octanol–water partition coefficient (Wildman–Crippen LogP) is 1.55. The van der Waals surface area contributed by atoms with Crippen LogP contribution in [0.3, 0.4) is 0 Å². The molecule has 0 aliphatic rings. The predicted molar refractivity (Wildman–Crippen MR) is 55.6 cm³/mol. The number of benzene rings is 1. The van der Waals surface area contributed by atoms with Gasteiger partial charge in [-0.05, 0) is 23.9 Å². The summed E-state index contributed by atoms with van der Waals surface area (Å²) in [4.78, 5) is 11.7. The molecule has 0 aliphatic heterocycles. The summed E-state index contributed by atoms with van der Waals surface area (Å²) in [5.41, 5.74) is 0.821. The summed E-state index contributed by atoms with van der Waals surface area (Å²) in [7, 11) is 1.68. The lowest BCUT2D eigenvalue weighted by atomic mass is 10.1. The topological polar surface area (TPSA) is 42.2 Å². The van der Waals surface area contributed by atoms with Crippen molar-refractivity contribution >= 4 is 10.8 Å². The van der Waals surface area contributed by atoms with E-state index in [1.54, 1.807) is 19.3 Å². The van der Waals surface area contributed by atoms with Gasteiger partial charge in [0.1, 0.15) is 5.75 Å². The molecule has 0 unspecified atom stereocenters. The summed E-state index contributed by atoms with van der Waals surface area (Å²) in [6, 6.07) is 5.11. The molecular weight excluding hydrogens is 178 g/mol. The molecule has 14 heavy (non-hydrogen) atoms. The van der Waals surface area contributed by atoms with Gasteiger partial charge < -0.3 is 9.67 Å². The molecule has 0 radical (unpaired) electrons. The van der Waals surface area contributed by atoms with E-state index in [1.165, 1.54) is 10.6 Å². The summed E-state index contributed by atoms with van der Waals surface area (Å²) in [6.07, 6.45) is 1.77. The van der Waals surface area contributed by atoms with Crippen LogP contribution in [0.4, 0.5) is 0 Å². The number of rotatable bonds is 0. The first-order chi connectivity index (χ1) is 6.61. The number of phenolic OH excluding ortho intramolecular Hbond substituents is 1. The summed E-state index contributed by atoms with van der Waals surface area (Å²) in [6.45, 7) is 1.92. The average Bonchev–Trinajstić information content (AvgIpc) is 2.14. The molecule has 0 saturated carbocycles. The van der Waals surface area contributed by atoms with Crippen molar-refractivity contribution in [1.82, 2.24) is 4.57 Å². The largest absolute Gasteiger partial charge is 0.507 e. The molecule has 0 atom stereocenters. The first kappa shape index (κ1) is 8.81. The zero-order valence-corrected chi connectivity index (χ0v) is 8.11. The number of aryl methyl sites for hydroxylation is 2. The van der Waals surface area contributed by atoms with Gasteiger partial charge in [0.25, 0.3) is 5.56 Å². The van der Waals surface area contributed by atoms with Crippen molar-refractivity contribution in [2.75, 3.05) is 0 Å². The third-order valence-corrected chi connectivity index (χ3v) is 2.39. The van der Waals surface area contributed by atoms with Crippen molar-refractivity contribution in [2.45, 2.75) is 6.92 Å². The van der Waals surface area contributed by atoms with Crippen LogP contribution in [0.15, 0.2) is 29.2 Å². The van der Waals surface area contributed by atoms with Gasteiger partial charge in [0, 0.05) is 13.2 Å². The van der Waals surface area contributed by atoms with Gasteiger partial charge in [-0.3, -0.25) is 4.79 Å². The molecule has 1 aromatic carbocycles. The summed E-state index contributed by atoms with van der Waals surface area (Å²) >= 11 is 0. The normalized spacial score (nSPS) is 10.7. The highest BCUT2D eigenvalue weighted by molar-refractivity contribution is 5.89. The fourth-order valence-electron chi connectivity index (χ4n) is 1.69. The minimum Gasteiger partial charge on any atom is -0.507 e. The Kier molecular flexibility index (Phi) is 1.81. The fourth-order valence-corrected chi connectivity index (χ4v) is 1.69. The summed E-state index contributed by atoms with van der Waals surface area (Å²) < 4.78 is 1.48. The number of aromatic nitrogens is 1. The highest BCUT2D eigenvalue weighted by atomic mass is 16.3. The van der Waals surface area contributed by atoms with Gasteiger partial charge in [0.2, 0.25) is 0 Å². The van der Waals surface area contributed by atoms with Gasteiger partial charge in [0.05, 0.1) is 5.39 Å². The number of hydrogen-bond donors (Lipinski definition) is 1. The zero-order valence-electron chi connectivity index (χ0n) is 8.11. The monoisotopic (exact) mass is 189 g/mol. The number of fused-ring (bicyclic) bond motifs is 1. The van der Waals surface area contributed by atoms with E-state index in [9.17, 15) is 9.90 Å². The van der Waals surface area contributed by atoms with Crippen molar-refractivity contribution in [3.63, 3.8) is 0 Å². The molecule has 0 saturated heterocycles. The molecule has 72 valence electrons. The SMILES string of the molecule is Cc1cn(C)c(=O)c2c(O)cccc12. The van der Waals surface area contributed by atoms with Gasteiger partial charge in [-0.2, -0.15) is 0 Å². The van der Waals surface area contributed by atoms with Crippen LogP contribution >= 0.6 is 0 Å². The van der Waals surface area contributed by atoms with Crippen molar-refractivity contribution < 1.29 is 5.11 Å². The lowest BCUT2D eigenvalue weighted by Gasteiger charge is -2.06. The van der Waals surface area contributed by atoms with Crippen LogP contribution in [0, 0.1) is 6.92 Å². The Bertz CT molecular complexity index is 555. The molecule has 2 aromatic rings. The van der Waals surface area contributed by atoms with Gasteiger partial charge in [-0.1, -0.05) is 12.1 Å². The van der Waals surface area contributed by atoms with E-state index in [0.29, 0.717) is 5.39 Å². The quantitative estimate of drug-likeness (QED) is 0.683. The lowest BCUT2D eigenvalue weighted by molar-refractivity contribution is 0.481. The van der Waals surface area contributed by atoms with Crippen LogP contribution < -0.4 is 5.56 Å². The number of pyridine rings is 1. The molecule has 1 N–H and O–H groups in total. The second-order valence-corrected chi connectivity index (χ2v) is 3.43. The van der Waals surface area contributed by atoms with Gasteiger partial charge in [0.15, 0.2) is 0 Å². The Hall–Kier alpha value is -1.77. The summed E-state index contributed by atoms with van der Waals surface area (Å²) in [5.74, 6) is 0.0480. The van der Waals surface area contributed by atoms with Crippen molar-refractivity contribution in [1.29, 1.82) is 0 Å². The van der Waals surface area contributed by atoms with E-state index in [0.717, 1.165) is 10.9 Å². The smallest absolute Gasteiger partial charge is 0.261 e.